The molecule has 0 amide bonds. The largest absolute Gasteiger partial charge is 0.327 e. The average molecular weight is 179 g/mol. The second kappa shape index (κ2) is 2.31. The van der Waals surface area contributed by atoms with Crippen LogP contribution in [0.15, 0.2) is 0 Å². The summed E-state index contributed by atoms with van der Waals surface area (Å²) in [6.07, 6.45) is 5.78. The first-order valence-corrected chi connectivity index (χ1v) is 5.85. The molecule has 4 aliphatic rings. The molecule has 13 heavy (non-hydrogen) atoms. The average Bonchev–Trinajstić information content (AvgIpc) is 2.07. The van der Waals surface area contributed by atoms with Gasteiger partial charge in [0.1, 0.15) is 0 Å². The van der Waals surface area contributed by atoms with E-state index in [0.29, 0.717) is 11.5 Å². The summed E-state index contributed by atoms with van der Waals surface area (Å²) >= 11 is 0. The first kappa shape index (κ1) is 8.28. The van der Waals surface area contributed by atoms with E-state index in [4.69, 9.17) is 5.73 Å². The van der Waals surface area contributed by atoms with Crippen molar-refractivity contribution in [3.63, 3.8) is 0 Å². The predicted molar refractivity (Wildman–Crippen MR) is 54.2 cm³/mol. The molecule has 4 rings (SSSR count). The Morgan fingerprint density at radius 3 is 2.62 bits per heavy atom. The predicted octanol–water partition coefficient (Wildman–Crippen LogP) is 2.41. The zero-order valence-electron chi connectivity index (χ0n) is 8.79. The molecule has 4 bridgehead atoms. The molecule has 6 atom stereocenters. The topological polar surface area (TPSA) is 26.0 Å². The lowest BCUT2D eigenvalue weighted by atomic mass is 9.45. The van der Waals surface area contributed by atoms with E-state index in [1.54, 1.807) is 0 Å². The van der Waals surface area contributed by atoms with Crippen LogP contribution in [0.2, 0.25) is 0 Å². The highest BCUT2D eigenvalue weighted by Gasteiger charge is 2.55. The summed E-state index contributed by atoms with van der Waals surface area (Å²) in [5.74, 6) is 3.66. The van der Waals surface area contributed by atoms with Crippen LogP contribution < -0.4 is 5.73 Å². The lowest BCUT2D eigenvalue weighted by molar-refractivity contribution is -0.0933. The maximum absolute atomic E-state index is 6.32. The first-order chi connectivity index (χ1) is 6.09. The molecule has 0 spiro atoms. The highest BCUT2D eigenvalue weighted by Crippen LogP contribution is 2.61. The molecule has 4 saturated carbocycles. The zero-order chi connectivity index (χ0) is 9.22. The fourth-order valence-electron chi connectivity index (χ4n) is 4.71. The molecule has 4 aliphatic carbocycles. The quantitative estimate of drug-likeness (QED) is 0.607. The number of nitrogens with two attached hydrogens (primary N) is 1. The van der Waals surface area contributed by atoms with Crippen molar-refractivity contribution in [2.45, 2.75) is 45.6 Å². The van der Waals surface area contributed by atoms with Gasteiger partial charge in [0, 0.05) is 6.04 Å². The molecule has 0 aromatic heterocycles. The van der Waals surface area contributed by atoms with Gasteiger partial charge in [0.2, 0.25) is 0 Å². The Balaban J connectivity index is 1.97. The van der Waals surface area contributed by atoms with Gasteiger partial charge in [-0.3, -0.25) is 0 Å². The van der Waals surface area contributed by atoms with Crippen LogP contribution in [-0.4, -0.2) is 6.04 Å². The summed E-state index contributed by atoms with van der Waals surface area (Å²) < 4.78 is 0. The van der Waals surface area contributed by atoms with Crippen LogP contribution in [0.5, 0.6) is 0 Å². The van der Waals surface area contributed by atoms with Gasteiger partial charge in [-0.2, -0.15) is 0 Å². The highest BCUT2D eigenvalue weighted by molar-refractivity contribution is 5.07. The van der Waals surface area contributed by atoms with E-state index in [0.717, 1.165) is 23.7 Å². The van der Waals surface area contributed by atoms with Crippen molar-refractivity contribution in [1.29, 1.82) is 0 Å². The molecule has 1 nitrogen and oxygen atoms in total. The van der Waals surface area contributed by atoms with E-state index in [1.807, 2.05) is 0 Å². The number of hydrogen-bond acceptors (Lipinski definition) is 1. The van der Waals surface area contributed by atoms with Gasteiger partial charge in [-0.25, -0.2) is 0 Å². The normalized spacial score (nSPS) is 64.4. The maximum Gasteiger partial charge on any atom is 0.00987 e. The maximum atomic E-state index is 6.32. The van der Waals surface area contributed by atoms with Crippen molar-refractivity contribution >= 4 is 0 Å². The van der Waals surface area contributed by atoms with Crippen molar-refractivity contribution in [2.24, 2.45) is 34.8 Å². The summed E-state index contributed by atoms with van der Waals surface area (Å²) in [6, 6.07) is 0.541. The standard InChI is InChI=1S/C12H21N/c1-7-8-3-9-5-12(2,4-8)6-10(7)11(9)13/h7-11H,3-6,13H2,1-2H3/t7?,8-,9+,10+,11?,12-/m0/s1. The highest BCUT2D eigenvalue weighted by atomic mass is 14.8. The fourth-order valence-corrected chi connectivity index (χ4v) is 4.71. The van der Waals surface area contributed by atoms with E-state index >= 15 is 0 Å². The Bertz CT molecular complexity index is 217. The lowest BCUT2D eigenvalue weighted by Gasteiger charge is -2.61. The molecular weight excluding hydrogens is 158 g/mol. The van der Waals surface area contributed by atoms with Gasteiger partial charge in [-0.05, 0) is 54.8 Å². The Labute approximate surface area is 81.1 Å². The van der Waals surface area contributed by atoms with Gasteiger partial charge in [0.25, 0.3) is 0 Å². The van der Waals surface area contributed by atoms with E-state index in [-0.39, 0.29) is 0 Å². The summed E-state index contributed by atoms with van der Waals surface area (Å²) in [5, 5.41) is 0. The third kappa shape index (κ3) is 0.971. The molecule has 4 fully saturated rings. The molecule has 0 aromatic rings. The molecule has 0 aliphatic heterocycles. The van der Waals surface area contributed by atoms with Gasteiger partial charge < -0.3 is 5.73 Å². The van der Waals surface area contributed by atoms with Gasteiger partial charge in [0.15, 0.2) is 0 Å². The minimum absolute atomic E-state index is 0.541. The Morgan fingerprint density at radius 1 is 1.15 bits per heavy atom. The first-order valence-electron chi connectivity index (χ1n) is 5.85. The van der Waals surface area contributed by atoms with E-state index in [9.17, 15) is 0 Å². The van der Waals surface area contributed by atoms with Gasteiger partial charge in [-0.15, -0.1) is 0 Å². The van der Waals surface area contributed by atoms with Gasteiger partial charge >= 0.3 is 0 Å². The summed E-state index contributed by atoms with van der Waals surface area (Å²) in [4.78, 5) is 0. The van der Waals surface area contributed by atoms with E-state index < -0.39 is 0 Å². The Kier molecular flexibility index (Phi) is 1.47. The molecule has 2 N–H and O–H groups in total. The monoisotopic (exact) mass is 179 g/mol. The second-order valence-electron chi connectivity index (χ2n) is 6.28. The molecule has 0 radical (unpaired) electrons. The molecule has 0 heterocycles. The van der Waals surface area contributed by atoms with Crippen LogP contribution in [0, 0.1) is 29.1 Å². The molecule has 2 unspecified atom stereocenters. The molecule has 74 valence electrons. The van der Waals surface area contributed by atoms with Crippen molar-refractivity contribution in [3.05, 3.63) is 0 Å². The van der Waals surface area contributed by atoms with Crippen LogP contribution in [-0.2, 0) is 0 Å². The van der Waals surface area contributed by atoms with E-state index in [2.05, 4.69) is 13.8 Å². The summed E-state index contributed by atoms with van der Waals surface area (Å²) in [5.41, 5.74) is 7.00. The molecule has 0 aromatic carbocycles. The number of rotatable bonds is 0. The van der Waals surface area contributed by atoms with Crippen LogP contribution in [0.3, 0.4) is 0 Å². The van der Waals surface area contributed by atoms with Crippen LogP contribution in [0.4, 0.5) is 0 Å². The van der Waals surface area contributed by atoms with Crippen molar-refractivity contribution < 1.29 is 0 Å². The fraction of sp³-hybridized carbons (Fsp3) is 1.00. The smallest absolute Gasteiger partial charge is 0.00987 e. The third-order valence-electron chi connectivity index (χ3n) is 5.30. The number of hydrogen-bond donors (Lipinski definition) is 1. The lowest BCUT2D eigenvalue weighted by Crippen LogP contribution is -2.59. The van der Waals surface area contributed by atoms with Crippen LogP contribution in [0.25, 0.3) is 0 Å². The second-order valence-corrected chi connectivity index (χ2v) is 6.28. The molecular formula is C12H21N. The Morgan fingerprint density at radius 2 is 1.85 bits per heavy atom. The summed E-state index contributed by atoms with van der Waals surface area (Å²) in [7, 11) is 0. The van der Waals surface area contributed by atoms with Crippen molar-refractivity contribution in [2.75, 3.05) is 0 Å². The molecule has 1 heteroatoms. The van der Waals surface area contributed by atoms with Crippen LogP contribution in [0.1, 0.15) is 39.5 Å². The van der Waals surface area contributed by atoms with E-state index in [1.165, 1.54) is 25.7 Å². The summed E-state index contributed by atoms with van der Waals surface area (Å²) in [6.45, 7) is 4.94. The SMILES string of the molecule is CC1[C@H]2C[C@@H]3C[C@](C)(C2)C[C@H]1C3N. The van der Waals surface area contributed by atoms with Crippen molar-refractivity contribution in [1.82, 2.24) is 0 Å². The van der Waals surface area contributed by atoms with Crippen molar-refractivity contribution in [3.8, 4) is 0 Å². The molecule has 0 saturated heterocycles. The van der Waals surface area contributed by atoms with Gasteiger partial charge in [-0.1, -0.05) is 13.8 Å². The van der Waals surface area contributed by atoms with Crippen LogP contribution >= 0.6 is 0 Å². The van der Waals surface area contributed by atoms with Gasteiger partial charge in [0.05, 0.1) is 0 Å². The zero-order valence-corrected chi connectivity index (χ0v) is 8.79. The third-order valence-corrected chi connectivity index (χ3v) is 5.30. The Hall–Kier alpha value is -0.0400. The minimum Gasteiger partial charge on any atom is -0.327 e. The minimum atomic E-state index is 0.541.